The SMILES string of the molecule is CC.COC(=O)/C=C/c1ccc(Br)cc1. The molecule has 0 saturated heterocycles. The number of halogens is 1. The molecule has 0 amide bonds. The molecule has 0 fully saturated rings. The number of hydrogen-bond donors (Lipinski definition) is 0. The van der Waals surface area contributed by atoms with Crippen LogP contribution in [0.15, 0.2) is 34.8 Å². The summed E-state index contributed by atoms with van der Waals surface area (Å²) in [7, 11) is 1.36. The number of hydrogen-bond acceptors (Lipinski definition) is 2. The predicted molar refractivity (Wildman–Crippen MR) is 66.5 cm³/mol. The molecule has 15 heavy (non-hydrogen) atoms. The third-order valence-corrected chi connectivity index (χ3v) is 2.01. The van der Waals surface area contributed by atoms with Gasteiger partial charge in [-0.1, -0.05) is 41.9 Å². The number of methoxy groups -OCH3 is 1. The van der Waals surface area contributed by atoms with Crippen LogP contribution in [-0.2, 0) is 9.53 Å². The minimum atomic E-state index is -0.345. The first-order chi connectivity index (χ1) is 7.22. The standard InChI is InChI=1S/C10H9BrO2.C2H6/c1-13-10(12)7-4-8-2-5-9(11)6-3-8;1-2/h2-7H,1H3;1-2H3/b7-4+;. The molecule has 0 atom stereocenters. The van der Waals surface area contributed by atoms with Crippen molar-refractivity contribution in [1.82, 2.24) is 0 Å². The molecule has 0 aliphatic rings. The summed E-state index contributed by atoms with van der Waals surface area (Å²) in [5.41, 5.74) is 0.966. The first-order valence-corrected chi connectivity index (χ1v) is 5.53. The Morgan fingerprint density at radius 3 is 2.27 bits per heavy atom. The van der Waals surface area contributed by atoms with E-state index in [4.69, 9.17) is 0 Å². The molecule has 0 bridgehead atoms. The highest BCUT2D eigenvalue weighted by molar-refractivity contribution is 9.10. The topological polar surface area (TPSA) is 26.3 Å². The number of benzene rings is 1. The molecule has 1 rings (SSSR count). The monoisotopic (exact) mass is 270 g/mol. The fourth-order valence-corrected chi connectivity index (χ4v) is 1.07. The second-order valence-electron chi connectivity index (χ2n) is 2.41. The van der Waals surface area contributed by atoms with Crippen LogP contribution < -0.4 is 0 Å². The van der Waals surface area contributed by atoms with Crippen LogP contribution in [0.1, 0.15) is 19.4 Å². The van der Waals surface area contributed by atoms with Gasteiger partial charge in [-0.05, 0) is 23.8 Å². The highest BCUT2D eigenvalue weighted by atomic mass is 79.9. The van der Waals surface area contributed by atoms with Crippen molar-refractivity contribution in [1.29, 1.82) is 0 Å². The highest BCUT2D eigenvalue weighted by Crippen LogP contribution is 2.11. The van der Waals surface area contributed by atoms with Gasteiger partial charge >= 0.3 is 5.97 Å². The van der Waals surface area contributed by atoms with Crippen molar-refractivity contribution in [2.75, 3.05) is 7.11 Å². The van der Waals surface area contributed by atoms with E-state index >= 15 is 0 Å². The zero-order valence-electron chi connectivity index (χ0n) is 9.16. The summed E-state index contributed by atoms with van der Waals surface area (Å²) >= 11 is 3.32. The summed E-state index contributed by atoms with van der Waals surface area (Å²) in [6, 6.07) is 7.64. The maximum atomic E-state index is 10.7. The molecular weight excluding hydrogens is 256 g/mol. The average Bonchev–Trinajstić information content (AvgIpc) is 2.30. The van der Waals surface area contributed by atoms with Crippen molar-refractivity contribution in [2.24, 2.45) is 0 Å². The molecule has 0 heterocycles. The van der Waals surface area contributed by atoms with E-state index < -0.39 is 0 Å². The van der Waals surface area contributed by atoms with Gasteiger partial charge < -0.3 is 4.74 Å². The summed E-state index contributed by atoms with van der Waals surface area (Å²) in [6.07, 6.45) is 3.10. The van der Waals surface area contributed by atoms with Crippen LogP contribution in [0, 0.1) is 0 Å². The van der Waals surface area contributed by atoms with Crippen LogP contribution in [0.5, 0.6) is 0 Å². The Morgan fingerprint density at radius 2 is 1.80 bits per heavy atom. The molecule has 0 aliphatic heterocycles. The van der Waals surface area contributed by atoms with Crippen LogP contribution in [0.25, 0.3) is 6.08 Å². The van der Waals surface area contributed by atoms with Gasteiger partial charge in [0.05, 0.1) is 7.11 Å². The maximum absolute atomic E-state index is 10.7. The van der Waals surface area contributed by atoms with Crippen LogP contribution in [0.4, 0.5) is 0 Å². The molecule has 0 spiro atoms. The fourth-order valence-electron chi connectivity index (χ4n) is 0.806. The van der Waals surface area contributed by atoms with Gasteiger partial charge in [0, 0.05) is 10.5 Å². The lowest BCUT2D eigenvalue weighted by molar-refractivity contribution is -0.134. The zero-order valence-corrected chi connectivity index (χ0v) is 10.7. The Hall–Kier alpha value is -1.09. The number of esters is 1. The molecule has 0 aromatic heterocycles. The Morgan fingerprint density at radius 1 is 1.27 bits per heavy atom. The van der Waals surface area contributed by atoms with E-state index in [-0.39, 0.29) is 5.97 Å². The third-order valence-electron chi connectivity index (χ3n) is 1.48. The number of carbonyl (C=O) groups excluding carboxylic acids is 1. The molecule has 0 saturated carbocycles. The second-order valence-corrected chi connectivity index (χ2v) is 3.32. The van der Waals surface area contributed by atoms with Gasteiger partial charge in [-0.3, -0.25) is 0 Å². The molecule has 0 radical (unpaired) electrons. The average molecular weight is 271 g/mol. The Kier molecular flexibility index (Phi) is 7.64. The molecule has 1 aromatic rings. The largest absolute Gasteiger partial charge is 0.466 e. The van der Waals surface area contributed by atoms with Crippen molar-refractivity contribution in [3.63, 3.8) is 0 Å². The molecular formula is C12H15BrO2. The van der Waals surface area contributed by atoms with E-state index in [0.29, 0.717) is 0 Å². The molecule has 82 valence electrons. The van der Waals surface area contributed by atoms with Gasteiger partial charge in [-0.2, -0.15) is 0 Å². The highest BCUT2D eigenvalue weighted by Gasteiger charge is 1.91. The predicted octanol–water partition coefficient (Wildman–Crippen LogP) is 3.66. The Balaban J connectivity index is 0.000000921. The quantitative estimate of drug-likeness (QED) is 0.606. The first kappa shape index (κ1) is 13.9. The summed E-state index contributed by atoms with van der Waals surface area (Å²) in [5, 5.41) is 0. The van der Waals surface area contributed by atoms with E-state index in [2.05, 4.69) is 20.7 Å². The van der Waals surface area contributed by atoms with E-state index in [9.17, 15) is 4.79 Å². The van der Waals surface area contributed by atoms with Crippen molar-refractivity contribution in [2.45, 2.75) is 13.8 Å². The van der Waals surface area contributed by atoms with Gasteiger partial charge in [0.2, 0.25) is 0 Å². The molecule has 0 aliphatic carbocycles. The van der Waals surface area contributed by atoms with Gasteiger partial charge in [-0.25, -0.2) is 4.79 Å². The van der Waals surface area contributed by atoms with Crippen LogP contribution in [0.3, 0.4) is 0 Å². The van der Waals surface area contributed by atoms with Gasteiger partial charge in [0.1, 0.15) is 0 Å². The maximum Gasteiger partial charge on any atom is 0.330 e. The van der Waals surface area contributed by atoms with Crippen molar-refractivity contribution >= 4 is 28.0 Å². The Bertz CT molecular complexity index is 315. The van der Waals surface area contributed by atoms with E-state index in [1.807, 2.05) is 38.1 Å². The van der Waals surface area contributed by atoms with Gasteiger partial charge in [-0.15, -0.1) is 0 Å². The molecule has 2 nitrogen and oxygen atoms in total. The fraction of sp³-hybridized carbons (Fsp3) is 0.250. The van der Waals surface area contributed by atoms with Crippen LogP contribution in [-0.4, -0.2) is 13.1 Å². The molecule has 3 heteroatoms. The summed E-state index contributed by atoms with van der Waals surface area (Å²) < 4.78 is 5.48. The minimum absolute atomic E-state index is 0.345. The summed E-state index contributed by atoms with van der Waals surface area (Å²) in [4.78, 5) is 10.7. The normalized spacial score (nSPS) is 9.33. The lowest BCUT2D eigenvalue weighted by Crippen LogP contribution is -1.93. The number of rotatable bonds is 2. The minimum Gasteiger partial charge on any atom is -0.466 e. The number of ether oxygens (including phenoxy) is 1. The van der Waals surface area contributed by atoms with Gasteiger partial charge in [0.25, 0.3) is 0 Å². The van der Waals surface area contributed by atoms with Crippen molar-refractivity contribution in [3.05, 3.63) is 40.4 Å². The Labute approximate surface area is 99.1 Å². The third kappa shape index (κ3) is 6.07. The summed E-state index contributed by atoms with van der Waals surface area (Å²) in [6.45, 7) is 4.00. The smallest absolute Gasteiger partial charge is 0.330 e. The second kappa shape index (κ2) is 8.24. The lowest BCUT2D eigenvalue weighted by Gasteiger charge is -1.93. The first-order valence-electron chi connectivity index (χ1n) is 4.74. The zero-order chi connectivity index (χ0) is 11.7. The van der Waals surface area contributed by atoms with E-state index in [1.165, 1.54) is 13.2 Å². The molecule has 0 unspecified atom stereocenters. The van der Waals surface area contributed by atoms with E-state index in [1.54, 1.807) is 6.08 Å². The molecule has 1 aromatic carbocycles. The lowest BCUT2D eigenvalue weighted by atomic mass is 10.2. The van der Waals surface area contributed by atoms with Crippen molar-refractivity contribution in [3.8, 4) is 0 Å². The number of carbonyl (C=O) groups is 1. The van der Waals surface area contributed by atoms with Crippen LogP contribution in [0.2, 0.25) is 0 Å². The molecule has 0 N–H and O–H groups in total. The van der Waals surface area contributed by atoms with Crippen molar-refractivity contribution < 1.29 is 9.53 Å². The van der Waals surface area contributed by atoms with E-state index in [0.717, 1.165) is 10.0 Å². The summed E-state index contributed by atoms with van der Waals surface area (Å²) in [5.74, 6) is -0.345. The van der Waals surface area contributed by atoms with Gasteiger partial charge in [0.15, 0.2) is 0 Å². The van der Waals surface area contributed by atoms with Crippen LogP contribution >= 0.6 is 15.9 Å².